The lowest BCUT2D eigenvalue weighted by atomic mass is 9.91. The fraction of sp³-hybridized carbons (Fsp3) is 0.625. The topological polar surface area (TPSA) is 66.4 Å². The summed E-state index contributed by atoms with van der Waals surface area (Å²) in [6.07, 6.45) is 1.74. The maximum atomic E-state index is 12.9. The van der Waals surface area contributed by atoms with E-state index in [-0.39, 0.29) is 23.8 Å². The van der Waals surface area contributed by atoms with Gasteiger partial charge in [0, 0.05) is 20.1 Å². The summed E-state index contributed by atoms with van der Waals surface area (Å²) in [5, 5.41) is 0. The second kappa shape index (κ2) is 5.34. The zero-order valence-electron chi connectivity index (χ0n) is 13.6. The van der Waals surface area contributed by atoms with E-state index in [1.165, 1.54) is 0 Å². The van der Waals surface area contributed by atoms with Crippen molar-refractivity contribution in [1.29, 1.82) is 0 Å². The van der Waals surface area contributed by atoms with Crippen molar-refractivity contribution in [1.82, 2.24) is 19.8 Å². The second-order valence-corrected chi connectivity index (χ2v) is 6.36. The predicted octanol–water partition coefficient (Wildman–Crippen LogP) is 1.09. The van der Waals surface area contributed by atoms with E-state index < -0.39 is 0 Å². The monoisotopic (exact) mass is 302 g/mol. The van der Waals surface area contributed by atoms with Crippen LogP contribution in [0.2, 0.25) is 0 Å². The van der Waals surface area contributed by atoms with Gasteiger partial charge in [0.1, 0.15) is 5.69 Å². The Kier molecular flexibility index (Phi) is 3.62. The molecule has 2 atom stereocenters. The number of hydrogen-bond donors (Lipinski definition) is 0. The highest BCUT2D eigenvalue weighted by atomic mass is 16.2. The molecule has 0 unspecified atom stereocenters. The smallest absolute Gasteiger partial charge is 0.274 e. The van der Waals surface area contributed by atoms with Crippen LogP contribution in [0, 0.1) is 26.7 Å². The van der Waals surface area contributed by atoms with Gasteiger partial charge in [-0.2, -0.15) is 0 Å². The van der Waals surface area contributed by atoms with E-state index in [2.05, 4.69) is 9.97 Å². The number of piperidine rings is 1. The molecule has 2 aliphatic rings. The summed E-state index contributed by atoms with van der Waals surface area (Å²) >= 11 is 0. The quantitative estimate of drug-likeness (QED) is 0.779. The third-order valence-electron chi connectivity index (χ3n) is 4.88. The molecule has 1 aromatic heterocycles. The molecule has 22 heavy (non-hydrogen) atoms. The molecule has 0 aromatic carbocycles. The first-order chi connectivity index (χ1) is 10.4. The van der Waals surface area contributed by atoms with Crippen molar-refractivity contribution in [3.05, 3.63) is 22.8 Å². The predicted molar refractivity (Wildman–Crippen MR) is 81.4 cm³/mol. The molecule has 2 amide bonds. The van der Waals surface area contributed by atoms with Gasteiger partial charge in [-0.25, -0.2) is 4.98 Å². The third-order valence-corrected chi connectivity index (χ3v) is 4.88. The molecule has 0 saturated carbocycles. The molecule has 1 aromatic rings. The third kappa shape index (κ3) is 2.26. The van der Waals surface area contributed by atoms with E-state index >= 15 is 0 Å². The summed E-state index contributed by atoms with van der Waals surface area (Å²) in [7, 11) is 1.81. The highest BCUT2D eigenvalue weighted by Crippen LogP contribution is 2.32. The molecule has 6 heteroatoms. The molecule has 2 aliphatic heterocycles. The van der Waals surface area contributed by atoms with Crippen LogP contribution in [0.15, 0.2) is 0 Å². The highest BCUT2D eigenvalue weighted by molar-refractivity contribution is 5.94. The second-order valence-electron chi connectivity index (χ2n) is 6.36. The number of likely N-dealkylation sites (N-methyl/N-ethyl adjacent to an activating group) is 1. The Morgan fingerprint density at radius 3 is 2.55 bits per heavy atom. The van der Waals surface area contributed by atoms with Gasteiger partial charge in [-0.3, -0.25) is 14.6 Å². The van der Waals surface area contributed by atoms with E-state index in [9.17, 15) is 9.59 Å². The number of nitrogens with zero attached hydrogens (tertiary/aromatic N) is 4. The van der Waals surface area contributed by atoms with Crippen LogP contribution >= 0.6 is 0 Å². The van der Waals surface area contributed by atoms with Crippen LogP contribution < -0.4 is 0 Å². The van der Waals surface area contributed by atoms with Crippen LogP contribution in [0.25, 0.3) is 0 Å². The van der Waals surface area contributed by atoms with E-state index in [0.717, 1.165) is 24.2 Å². The number of amides is 2. The molecular formula is C16H22N4O2. The van der Waals surface area contributed by atoms with Gasteiger partial charge in [-0.05, 0) is 33.6 Å². The van der Waals surface area contributed by atoms with Gasteiger partial charge in [0.15, 0.2) is 0 Å². The standard InChI is InChI=1S/C16H22N4O2/c1-9-10(2)18-14(11(3)17-9)16(22)20-7-5-6-12-13(20)8-19(4)15(12)21/h12-13H,5-8H2,1-4H3/t12-,13-/m1/s1. The zero-order valence-corrected chi connectivity index (χ0v) is 13.6. The largest absolute Gasteiger partial charge is 0.343 e. The first-order valence-electron chi connectivity index (χ1n) is 7.78. The number of hydrogen-bond acceptors (Lipinski definition) is 4. The molecule has 0 spiro atoms. The van der Waals surface area contributed by atoms with Crippen molar-refractivity contribution in [3.8, 4) is 0 Å². The van der Waals surface area contributed by atoms with E-state index in [1.54, 1.807) is 4.90 Å². The van der Waals surface area contributed by atoms with Crippen LogP contribution in [0.3, 0.4) is 0 Å². The molecule has 3 rings (SSSR count). The van der Waals surface area contributed by atoms with Gasteiger partial charge in [-0.15, -0.1) is 0 Å². The maximum absolute atomic E-state index is 12.9. The van der Waals surface area contributed by atoms with Gasteiger partial charge in [0.05, 0.1) is 29.0 Å². The molecule has 118 valence electrons. The van der Waals surface area contributed by atoms with Gasteiger partial charge < -0.3 is 9.80 Å². The number of carbonyl (C=O) groups is 2. The molecule has 0 radical (unpaired) electrons. The fourth-order valence-corrected chi connectivity index (χ4v) is 3.53. The summed E-state index contributed by atoms with van der Waals surface area (Å²) in [6.45, 7) is 6.89. The fourth-order valence-electron chi connectivity index (χ4n) is 3.53. The van der Waals surface area contributed by atoms with Crippen LogP contribution in [0.5, 0.6) is 0 Å². The van der Waals surface area contributed by atoms with Crippen molar-refractivity contribution in [3.63, 3.8) is 0 Å². The summed E-state index contributed by atoms with van der Waals surface area (Å²) in [5.74, 6) is 0.0128. The van der Waals surface area contributed by atoms with E-state index in [4.69, 9.17) is 0 Å². The van der Waals surface area contributed by atoms with Crippen LogP contribution in [-0.2, 0) is 4.79 Å². The number of carbonyl (C=O) groups excluding carboxylic acids is 2. The maximum Gasteiger partial charge on any atom is 0.274 e. The lowest BCUT2D eigenvalue weighted by Gasteiger charge is -2.35. The van der Waals surface area contributed by atoms with Crippen molar-refractivity contribution in [2.24, 2.45) is 5.92 Å². The number of rotatable bonds is 1. The zero-order chi connectivity index (χ0) is 16.0. The van der Waals surface area contributed by atoms with Crippen LogP contribution in [0.1, 0.15) is 40.4 Å². The first kappa shape index (κ1) is 14.9. The van der Waals surface area contributed by atoms with E-state index in [1.807, 2.05) is 32.7 Å². The average Bonchev–Trinajstić information content (AvgIpc) is 2.77. The summed E-state index contributed by atoms with van der Waals surface area (Å²) < 4.78 is 0. The lowest BCUT2D eigenvalue weighted by Crippen LogP contribution is -2.49. The Bertz CT molecular complexity index is 643. The SMILES string of the molecule is Cc1nc(C)c(C(=O)N2CCC[C@H]3C(=O)N(C)C[C@H]32)nc1C. The Morgan fingerprint density at radius 2 is 1.82 bits per heavy atom. The van der Waals surface area contributed by atoms with Gasteiger partial charge >= 0.3 is 0 Å². The van der Waals surface area contributed by atoms with Gasteiger partial charge in [0.25, 0.3) is 5.91 Å². The van der Waals surface area contributed by atoms with E-state index in [0.29, 0.717) is 24.5 Å². The number of aromatic nitrogens is 2. The molecular weight excluding hydrogens is 280 g/mol. The molecule has 3 heterocycles. The van der Waals surface area contributed by atoms with Gasteiger partial charge in [-0.1, -0.05) is 0 Å². The number of likely N-dealkylation sites (tertiary alicyclic amines) is 2. The highest BCUT2D eigenvalue weighted by Gasteiger charge is 2.45. The lowest BCUT2D eigenvalue weighted by molar-refractivity contribution is -0.130. The molecule has 2 fully saturated rings. The van der Waals surface area contributed by atoms with Gasteiger partial charge in [0.2, 0.25) is 5.91 Å². The Balaban J connectivity index is 1.92. The van der Waals surface area contributed by atoms with Crippen molar-refractivity contribution >= 4 is 11.8 Å². The number of aryl methyl sites for hydroxylation is 3. The van der Waals surface area contributed by atoms with Crippen molar-refractivity contribution in [2.75, 3.05) is 20.1 Å². The Labute approximate surface area is 130 Å². The Hall–Kier alpha value is -1.98. The molecule has 0 N–H and O–H groups in total. The summed E-state index contributed by atoms with van der Waals surface area (Å²) in [4.78, 5) is 37.5. The van der Waals surface area contributed by atoms with Crippen molar-refractivity contribution < 1.29 is 9.59 Å². The molecule has 0 bridgehead atoms. The number of fused-ring (bicyclic) bond motifs is 1. The minimum absolute atomic E-state index is 0.0263. The van der Waals surface area contributed by atoms with Crippen LogP contribution in [-0.4, -0.2) is 57.8 Å². The molecule has 6 nitrogen and oxygen atoms in total. The average molecular weight is 302 g/mol. The Morgan fingerprint density at radius 1 is 1.14 bits per heavy atom. The normalized spacial score (nSPS) is 24.6. The minimum atomic E-state index is -0.0918. The summed E-state index contributed by atoms with van der Waals surface area (Å²) in [5.41, 5.74) is 2.71. The molecule has 0 aliphatic carbocycles. The summed E-state index contributed by atoms with van der Waals surface area (Å²) in [6, 6.07) is -0.0263. The minimum Gasteiger partial charge on any atom is -0.343 e. The van der Waals surface area contributed by atoms with Crippen molar-refractivity contribution in [2.45, 2.75) is 39.7 Å². The van der Waals surface area contributed by atoms with Crippen LogP contribution in [0.4, 0.5) is 0 Å². The molecule has 2 saturated heterocycles. The first-order valence-corrected chi connectivity index (χ1v) is 7.78.